The van der Waals surface area contributed by atoms with E-state index in [-0.39, 0.29) is 0 Å². The summed E-state index contributed by atoms with van der Waals surface area (Å²) in [7, 11) is 0. The van der Waals surface area contributed by atoms with Gasteiger partial charge in [0.05, 0.1) is 6.07 Å². The smallest absolute Gasteiger partial charge is 0.0624 e. The minimum Gasteiger partial charge on any atom is -0.198 e. The van der Waals surface area contributed by atoms with Crippen molar-refractivity contribution in [3.63, 3.8) is 0 Å². The molecule has 0 bridgehead atoms. The number of hydrogen-bond donors (Lipinski definition) is 0. The molecule has 0 atom stereocenters. The second kappa shape index (κ2) is 8.97. The molecule has 0 aliphatic carbocycles. The van der Waals surface area contributed by atoms with E-state index in [2.05, 4.69) is 30.4 Å². The lowest BCUT2D eigenvalue weighted by Crippen LogP contribution is -1.66. The van der Waals surface area contributed by atoms with Gasteiger partial charge < -0.3 is 0 Å². The van der Waals surface area contributed by atoms with Crippen molar-refractivity contribution in [2.75, 3.05) is 0 Å². The van der Waals surface area contributed by atoms with Crippen LogP contribution in [0, 0.1) is 11.3 Å². The number of hydrogen-bond acceptors (Lipinski definition) is 1. The predicted molar refractivity (Wildman–Crippen MR) is 48.0 cm³/mol. The van der Waals surface area contributed by atoms with Crippen molar-refractivity contribution in [1.29, 1.82) is 5.26 Å². The molecule has 0 rings (SSSR count). The molecule has 1 nitrogen and oxygen atoms in total. The Morgan fingerprint density at radius 2 is 1.73 bits per heavy atom. The molecule has 0 spiro atoms. The van der Waals surface area contributed by atoms with Gasteiger partial charge in [-0.25, -0.2) is 0 Å². The lowest BCUT2D eigenvalue weighted by Gasteiger charge is -1.84. The van der Waals surface area contributed by atoms with Gasteiger partial charge in [-0.2, -0.15) is 5.26 Å². The standard InChI is InChI=1S/C10H15N/c1-2-3-4-5-6-7-8-9-10-11/h2-3,6-7H,4-5,8-9H2,1H3/b3-2+,7-6+. The van der Waals surface area contributed by atoms with E-state index < -0.39 is 0 Å². The Balaban J connectivity index is 3.11. The van der Waals surface area contributed by atoms with Crippen LogP contribution in [0.25, 0.3) is 0 Å². The normalized spacial score (nSPS) is 10.9. The third kappa shape index (κ3) is 8.97. The van der Waals surface area contributed by atoms with Gasteiger partial charge in [0.25, 0.3) is 0 Å². The fourth-order valence-corrected chi connectivity index (χ4v) is 0.743. The molecule has 0 unspecified atom stereocenters. The molecule has 0 aromatic carbocycles. The summed E-state index contributed by atoms with van der Waals surface area (Å²) in [5, 5.41) is 8.21. The fourth-order valence-electron chi connectivity index (χ4n) is 0.743. The summed E-state index contributed by atoms with van der Waals surface area (Å²) < 4.78 is 0. The van der Waals surface area contributed by atoms with Crippen molar-refractivity contribution in [3.8, 4) is 6.07 Å². The van der Waals surface area contributed by atoms with Crippen LogP contribution < -0.4 is 0 Å². The largest absolute Gasteiger partial charge is 0.198 e. The summed E-state index contributed by atoms with van der Waals surface area (Å²) in [5.74, 6) is 0. The van der Waals surface area contributed by atoms with Gasteiger partial charge >= 0.3 is 0 Å². The van der Waals surface area contributed by atoms with Crippen molar-refractivity contribution < 1.29 is 0 Å². The van der Waals surface area contributed by atoms with Crippen molar-refractivity contribution in [2.45, 2.75) is 32.6 Å². The molecule has 0 radical (unpaired) electrons. The summed E-state index contributed by atoms with van der Waals surface area (Å²) in [6, 6.07) is 2.10. The first kappa shape index (κ1) is 9.97. The van der Waals surface area contributed by atoms with E-state index in [1.54, 1.807) is 0 Å². The number of rotatable bonds is 5. The highest BCUT2D eigenvalue weighted by molar-refractivity contribution is 4.88. The van der Waals surface area contributed by atoms with E-state index in [0.717, 1.165) is 19.3 Å². The zero-order chi connectivity index (χ0) is 8.36. The Bertz CT molecular complexity index is 160. The zero-order valence-corrected chi connectivity index (χ0v) is 7.09. The highest BCUT2D eigenvalue weighted by Crippen LogP contribution is 1.95. The van der Waals surface area contributed by atoms with Crippen molar-refractivity contribution >= 4 is 0 Å². The summed E-state index contributed by atoms with van der Waals surface area (Å²) in [5.41, 5.74) is 0. The number of nitrogens with zero attached hydrogens (tertiary/aromatic N) is 1. The molecule has 1 heteroatoms. The molecule has 60 valence electrons. The summed E-state index contributed by atoms with van der Waals surface area (Å²) in [6.45, 7) is 2.03. The maximum atomic E-state index is 8.21. The molecular weight excluding hydrogens is 134 g/mol. The maximum absolute atomic E-state index is 8.21. The van der Waals surface area contributed by atoms with Gasteiger partial charge in [-0.05, 0) is 26.2 Å². The van der Waals surface area contributed by atoms with Gasteiger partial charge in [0.15, 0.2) is 0 Å². The van der Waals surface area contributed by atoms with Crippen LogP contribution in [0.5, 0.6) is 0 Å². The van der Waals surface area contributed by atoms with Gasteiger partial charge in [-0.15, -0.1) is 0 Å². The van der Waals surface area contributed by atoms with Crippen molar-refractivity contribution in [2.24, 2.45) is 0 Å². The zero-order valence-electron chi connectivity index (χ0n) is 7.09. The fraction of sp³-hybridized carbons (Fsp3) is 0.500. The quantitative estimate of drug-likeness (QED) is 0.435. The Morgan fingerprint density at radius 3 is 2.36 bits per heavy atom. The second-order valence-electron chi connectivity index (χ2n) is 2.31. The molecule has 0 heterocycles. The van der Waals surface area contributed by atoms with Crippen LogP contribution in [0.3, 0.4) is 0 Å². The Morgan fingerprint density at radius 1 is 1.09 bits per heavy atom. The Labute approximate surface area is 69.0 Å². The van der Waals surface area contributed by atoms with Crippen LogP contribution in [0.15, 0.2) is 24.3 Å². The van der Waals surface area contributed by atoms with Crippen molar-refractivity contribution in [1.82, 2.24) is 0 Å². The number of allylic oxidation sites excluding steroid dienone is 4. The van der Waals surface area contributed by atoms with Gasteiger partial charge in [0.1, 0.15) is 0 Å². The lowest BCUT2D eigenvalue weighted by molar-refractivity contribution is 1.01. The van der Waals surface area contributed by atoms with Gasteiger partial charge in [-0.3, -0.25) is 0 Å². The van der Waals surface area contributed by atoms with Crippen molar-refractivity contribution in [3.05, 3.63) is 24.3 Å². The summed E-state index contributed by atoms with van der Waals surface area (Å²) >= 11 is 0. The first-order chi connectivity index (χ1) is 5.41. The minimum absolute atomic E-state index is 0.639. The van der Waals surface area contributed by atoms with Gasteiger partial charge in [-0.1, -0.05) is 24.3 Å². The molecular formula is C10H15N. The van der Waals surface area contributed by atoms with E-state index >= 15 is 0 Å². The first-order valence-corrected chi connectivity index (χ1v) is 4.05. The third-order valence-corrected chi connectivity index (χ3v) is 1.33. The van der Waals surface area contributed by atoms with Crippen LogP contribution in [0.2, 0.25) is 0 Å². The molecule has 0 fully saturated rings. The molecule has 0 saturated heterocycles. The second-order valence-corrected chi connectivity index (χ2v) is 2.31. The Hall–Kier alpha value is -1.03. The molecule has 0 aliphatic rings. The van der Waals surface area contributed by atoms with E-state index in [0.29, 0.717) is 6.42 Å². The monoisotopic (exact) mass is 149 g/mol. The van der Waals surface area contributed by atoms with E-state index in [1.165, 1.54) is 0 Å². The minimum atomic E-state index is 0.639. The van der Waals surface area contributed by atoms with E-state index in [4.69, 9.17) is 5.26 Å². The maximum Gasteiger partial charge on any atom is 0.0624 e. The third-order valence-electron chi connectivity index (χ3n) is 1.33. The Kier molecular flexibility index (Phi) is 8.13. The van der Waals surface area contributed by atoms with Crippen LogP contribution in [0.4, 0.5) is 0 Å². The van der Waals surface area contributed by atoms with Crippen LogP contribution in [0.1, 0.15) is 32.6 Å². The molecule has 0 aromatic rings. The molecule has 0 saturated carbocycles. The highest BCUT2D eigenvalue weighted by atomic mass is 14.2. The molecule has 0 aromatic heterocycles. The van der Waals surface area contributed by atoms with E-state index in [1.807, 2.05) is 6.92 Å². The van der Waals surface area contributed by atoms with Crippen LogP contribution >= 0.6 is 0 Å². The predicted octanol–water partition coefficient (Wildman–Crippen LogP) is 3.20. The van der Waals surface area contributed by atoms with E-state index in [9.17, 15) is 0 Å². The average molecular weight is 149 g/mol. The summed E-state index contributed by atoms with van der Waals surface area (Å²) in [4.78, 5) is 0. The number of unbranched alkanes of at least 4 members (excludes halogenated alkanes) is 2. The number of nitriles is 1. The van der Waals surface area contributed by atoms with Crippen LogP contribution in [-0.4, -0.2) is 0 Å². The summed E-state index contributed by atoms with van der Waals surface area (Å²) in [6.07, 6.45) is 12.2. The first-order valence-electron chi connectivity index (χ1n) is 4.05. The SMILES string of the molecule is C/C=C/CC/C=C/CCC#N. The average Bonchev–Trinajstić information content (AvgIpc) is 2.03. The topological polar surface area (TPSA) is 23.8 Å². The molecule has 11 heavy (non-hydrogen) atoms. The van der Waals surface area contributed by atoms with Gasteiger partial charge in [0.2, 0.25) is 0 Å². The van der Waals surface area contributed by atoms with Crippen LogP contribution in [-0.2, 0) is 0 Å². The molecule has 0 aliphatic heterocycles. The van der Waals surface area contributed by atoms with Gasteiger partial charge in [0, 0.05) is 6.42 Å². The lowest BCUT2D eigenvalue weighted by atomic mass is 10.2. The molecule has 0 N–H and O–H groups in total. The highest BCUT2D eigenvalue weighted by Gasteiger charge is 1.77. The molecule has 0 amide bonds.